The predicted molar refractivity (Wildman–Crippen MR) is 59.3 cm³/mol. The average Bonchev–Trinajstić information content (AvgIpc) is 2.13. The molecule has 0 aliphatic rings. The first-order chi connectivity index (χ1) is 6.56. The van der Waals surface area contributed by atoms with Gasteiger partial charge in [0.15, 0.2) is 0 Å². The van der Waals surface area contributed by atoms with E-state index in [1.807, 2.05) is 6.92 Å². The highest BCUT2D eigenvalue weighted by molar-refractivity contribution is 5.52. The summed E-state index contributed by atoms with van der Waals surface area (Å²) in [4.78, 5) is 10.3. The van der Waals surface area contributed by atoms with Crippen LogP contribution in [0.1, 0.15) is 47.0 Å². The minimum Gasteiger partial charge on any atom is -0.378 e. The second-order valence-corrected chi connectivity index (χ2v) is 4.58. The molecule has 0 saturated carbocycles. The summed E-state index contributed by atoms with van der Waals surface area (Å²) in [7, 11) is 0. The molecule has 0 heterocycles. The van der Waals surface area contributed by atoms with E-state index < -0.39 is 0 Å². The van der Waals surface area contributed by atoms with Crippen LogP contribution in [0.15, 0.2) is 0 Å². The van der Waals surface area contributed by atoms with Gasteiger partial charge in [-0.15, -0.1) is 0 Å². The molecule has 0 saturated heterocycles. The van der Waals surface area contributed by atoms with Crippen LogP contribution in [0, 0.1) is 11.8 Å². The third kappa shape index (κ3) is 8.24. The van der Waals surface area contributed by atoms with Crippen LogP contribution in [-0.2, 0) is 9.53 Å². The molecule has 2 nitrogen and oxygen atoms in total. The Hall–Kier alpha value is -0.370. The third-order valence-electron chi connectivity index (χ3n) is 2.27. The molecule has 0 radical (unpaired) electrons. The number of carbonyl (C=O) groups is 1. The Balaban J connectivity index is 3.36. The summed E-state index contributed by atoms with van der Waals surface area (Å²) < 4.78 is 5.55. The molecule has 0 aliphatic carbocycles. The van der Waals surface area contributed by atoms with E-state index in [1.54, 1.807) is 0 Å². The summed E-state index contributed by atoms with van der Waals surface area (Å²) in [5.74, 6) is 0.804. The maximum atomic E-state index is 10.3. The van der Waals surface area contributed by atoms with Gasteiger partial charge in [0.2, 0.25) is 0 Å². The Bertz CT molecular complexity index is 143. The van der Waals surface area contributed by atoms with Crippen LogP contribution in [0.25, 0.3) is 0 Å². The molecule has 0 aromatic carbocycles. The largest absolute Gasteiger partial charge is 0.378 e. The fraction of sp³-hybridized carbons (Fsp3) is 0.917. The third-order valence-corrected chi connectivity index (χ3v) is 2.27. The Morgan fingerprint density at radius 3 is 2.29 bits per heavy atom. The summed E-state index contributed by atoms with van der Waals surface area (Å²) >= 11 is 0. The summed E-state index contributed by atoms with van der Waals surface area (Å²) in [6, 6.07) is 0. The van der Waals surface area contributed by atoms with Gasteiger partial charge in [-0.2, -0.15) is 0 Å². The average molecular weight is 200 g/mol. The highest BCUT2D eigenvalue weighted by atomic mass is 16.5. The van der Waals surface area contributed by atoms with Crippen molar-refractivity contribution in [3.63, 3.8) is 0 Å². The molecule has 0 fully saturated rings. The van der Waals surface area contributed by atoms with E-state index in [4.69, 9.17) is 4.74 Å². The van der Waals surface area contributed by atoms with Crippen molar-refractivity contribution in [2.75, 3.05) is 6.61 Å². The summed E-state index contributed by atoms with van der Waals surface area (Å²) in [5, 5.41) is 0. The van der Waals surface area contributed by atoms with Crippen molar-refractivity contribution in [3.8, 4) is 0 Å². The second kappa shape index (κ2) is 7.98. The van der Waals surface area contributed by atoms with Crippen LogP contribution in [0.4, 0.5) is 0 Å². The molecular formula is C12H24O2. The first-order valence-electron chi connectivity index (χ1n) is 5.63. The number of rotatable bonds is 8. The minimum atomic E-state index is 0.0301. The van der Waals surface area contributed by atoms with Crippen LogP contribution in [0.5, 0.6) is 0 Å². The van der Waals surface area contributed by atoms with E-state index in [9.17, 15) is 4.79 Å². The zero-order valence-corrected chi connectivity index (χ0v) is 9.95. The van der Waals surface area contributed by atoms with Crippen molar-refractivity contribution in [2.45, 2.75) is 53.1 Å². The number of hydrogen-bond acceptors (Lipinski definition) is 2. The van der Waals surface area contributed by atoms with Crippen molar-refractivity contribution in [1.29, 1.82) is 0 Å². The maximum Gasteiger partial charge on any atom is 0.125 e. The van der Waals surface area contributed by atoms with Gasteiger partial charge >= 0.3 is 0 Å². The molecule has 0 amide bonds. The molecule has 2 atom stereocenters. The lowest BCUT2D eigenvalue weighted by Gasteiger charge is -2.14. The Morgan fingerprint density at radius 1 is 1.14 bits per heavy atom. The summed E-state index contributed by atoms with van der Waals surface area (Å²) in [6.07, 6.45) is 4.81. The van der Waals surface area contributed by atoms with Gasteiger partial charge in [0.25, 0.3) is 0 Å². The Labute approximate surface area is 88.0 Å². The van der Waals surface area contributed by atoms with Crippen LogP contribution in [0.2, 0.25) is 0 Å². The standard InChI is InChI=1S/C12H24O2/c1-10(2)6-5-7-12(4)14-9-11(3)8-13/h8,10-12H,5-7,9H2,1-4H3. The molecule has 84 valence electrons. The SMILES string of the molecule is CC(C)CCCC(C)OCC(C)C=O. The molecule has 0 aliphatic heterocycles. The van der Waals surface area contributed by atoms with E-state index in [1.165, 1.54) is 12.8 Å². The van der Waals surface area contributed by atoms with Gasteiger partial charge in [0.1, 0.15) is 6.29 Å². The molecule has 14 heavy (non-hydrogen) atoms. The fourth-order valence-corrected chi connectivity index (χ4v) is 1.25. The van der Waals surface area contributed by atoms with Gasteiger partial charge in [-0.3, -0.25) is 0 Å². The van der Waals surface area contributed by atoms with Crippen LogP contribution < -0.4 is 0 Å². The molecule has 0 aromatic heterocycles. The molecule has 0 bridgehead atoms. The van der Waals surface area contributed by atoms with Crippen molar-refractivity contribution in [1.82, 2.24) is 0 Å². The molecule has 0 spiro atoms. The van der Waals surface area contributed by atoms with E-state index in [-0.39, 0.29) is 12.0 Å². The normalized spacial score (nSPS) is 15.5. The lowest BCUT2D eigenvalue weighted by molar-refractivity contribution is -0.113. The highest BCUT2D eigenvalue weighted by Crippen LogP contribution is 2.10. The van der Waals surface area contributed by atoms with Gasteiger partial charge < -0.3 is 9.53 Å². The maximum absolute atomic E-state index is 10.3. The van der Waals surface area contributed by atoms with Gasteiger partial charge in [-0.1, -0.05) is 33.6 Å². The number of aldehydes is 1. The fourth-order valence-electron chi connectivity index (χ4n) is 1.25. The highest BCUT2D eigenvalue weighted by Gasteiger charge is 2.05. The summed E-state index contributed by atoms with van der Waals surface area (Å²) in [5.41, 5.74) is 0. The van der Waals surface area contributed by atoms with Gasteiger partial charge in [-0.25, -0.2) is 0 Å². The van der Waals surface area contributed by atoms with E-state index >= 15 is 0 Å². The van der Waals surface area contributed by atoms with E-state index in [0.29, 0.717) is 6.61 Å². The predicted octanol–water partition coefficient (Wildman–Crippen LogP) is 3.05. The van der Waals surface area contributed by atoms with Crippen molar-refractivity contribution >= 4 is 6.29 Å². The Kier molecular flexibility index (Phi) is 7.77. The minimum absolute atomic E-state index is 0.0301. The number of carbonyl (C=O) groups excluding carboxylic acids is 1. The van der Waals surface area contributed by atoms with Crippen LogP contribution >= 0.6 is 0 Å². The van der Waals surface area contributed by atoms with Crippen molar-refractivity contribution in [3.05, 3.63) is 0 Å². The molecular weight excluding hydrogens is 176 g/mol. The molecule has 0 N–H and O–H groups in total. The molecule has 2 heteroatoms. The van der Waals surface area contributed by atoms with Gasteiger partial charge in [0.05, 0.1) is 12.7 Å². The topological polar surface area (TPSA) is 26.3 Å². The van der Waals surface area contributed by atoms with Crippen molar-refractivity contribution < 1.29 is 9.53 Å². The second-order valence-electron chi connectivity index (χ2n) is 4.58. The van der Waals surface area contributed by atoms with Crippen LogP contribution in [0.3, 0.4) is 0 Å². The number of ether oxygens (including phenoxy) is 1. The van der Waals surface area contributed by atoms with Gasteiger partial charge in [0, 0.05) is 5.92 Å². The molecule has 0 aromatic rings. The van der Waals surface area contributed by atoms with Gasteiger partial charge in [-0.05, 0) is 19.3 Å². The van der Waals surface area contributed by atoms with Crippen molar-refractivity contribution in [2.24, 2.45) is 11.8 Å². The number of hydrogen-bond donors (Lipinski definition) is 0. The molecule has 2 unspecified atom stereocenters. The molecule has 0 rings (SSSR count). The quantitative estimate of drug-likeness (QED) is 0.563. The first kappa shape index (κ1) is 13.6. The first-order valence-corrected chi connectivity index (χ1v) is 5.63. The zero-order chi connectivity index (χ0) is 11.0. The smallest absolute Gasteiger partial charge is 0.125 e. The van der Waals surface area contributed by atoms with E-state index in [0.717, 1.165) is 18.6 Å². The summed E-state index contributed by atoms with van der Waals surface area (Å²) in [6.45, 7) is 9.00. The monoisotopic (exact) mass is 200 g/mol. The lowest BCUT2D eigenvalue weighted by atomic mass is 10.0. The van der Waals surface area contributed by atoms with E-state index in [2.05, 4.69) is 20.8 Å². The van der Waals surface area contributed by atoms with Crippen LogP contribution in [-0.4, -0.2) is 19.0 Å². The Morgan fingerprint density at radius 2 is 1.79 bits per heavy atom. The zero-order valence-electron chi connectivity index (χ0n) is 9.95. The lowest BCUT2D eigenvalue weighted by Crippen LogP contribution is -2.14.